The molecule has 0 radical (unpaired) electrons. The van der Waals surface area contributed by atoms with Crippen LogP contribution in [0.5, 0.6) is 0 Å². The van der Waals surface area contributed by atoms with E-state index in [-0.39, 0.29) is 34.0 Å². The van der Waals surface area contributed by atoms with Crippen LogP contribution < -0.4 is 0 Å². The summed E-state index contributed by atoms with van der Waals surface area (Å²) in [6, 6.07) is 5.46. The SMILES string of the molecule is CC(C)(C)[C@@H]1CCC2=NN(C(=O)c3ccc(Cl)cc3)[C@](O)(C(F)(F)F)[C@H]2C1. The molecule has 3 atom stereocenters. The van der Waals surface area contributed by atoms with Gasteiger partial charge in [0, 0.05) is 16.3 Å². The largest absolute Gasteiger partial charge is 0.439 e. The predicted molar refractivity (Wildman–Crippen MR) is 96.3 cm³/mol. The number of benzene rings is 1. The molecule has 8 heteroatoms. The summed E-state index contributed by atoms with van der Waals surface area (Å²) in [6.07, 6.45) is -3.90. The molecule has 2 aliphatic rings. The van der Waals surface area contributed by atoms with Gasteiger partial charge in [0.05, 0.1) is 5.92 Å². The van der Waals surface area contributed by atoms with Gasteiger partial charge in [0.1, 0.15) is 0 Å². The second kappa shape index (κ2) is 6.48. The van der Waals surface area contributed by atoms with Crippen molar-refractivity contribution in [2.75, 3.05) is 0 Å². The normalized spacial score (nSPS) is 28.7. The van der Waals surface area contributed by atoms with Crippen molar-refractivity contribution in [1.82, 2.24) is 5.01 Å². The van der Waals surface area contributed by atoms with Crippen molar-refractivity contribution in [1.29, 1.82) is 0 Å². The average molecular weight is 403 g/mol. The van der Waals surface area contributed by atoms with Gasteiger partial charge >= 0.3 is 6.18 Å². The van der Waals surface area contributed by atoms with Crippen molar-refractivity contribution < 1.29 is 23.1 Å². The lowest BCUT2D eigenvalue weighted by atomic mass is 9.66. The Bertz CT molecular complexity index is 771. The number of nitrogens with zero attached hydrogens (tertiary/aromatic N) is 2. The first-order chi connectivity index (χ1) is 12.4. The summed E-state index contributed by atoms with van der Waals surface area (Å²) in [7, 11) is 0. The Morgan fingerprint density at radius 2 is 1.85 bits per heavy atom. The highest BCUT2D eigenvalue weighted by atomic mass is 35.5. The number of hydrazone groups is 1. The molecule has 1 aliphatic heterocycles. The maximum absolute atomic E-state index is 14.0. The topological polar surface area (TPSA) is 52.9 Å². The molecule has 27 heavy (non-hydrogen) atoms. The van der Waals surface area contributed by atoms with Gasteiger partial charge in [-0.25, -0.2) is 0 Å². The fourth-order valence-electron chi connectivity index (χ4n) is 3.92. The van der Waals surface area contributed by atoms with Crippen LogP contribution in [0.1, 0.15) is 50.4 Å². The van der Waals surface area contributed by atoms with Crippen LogP contribution in [0.25, 0.3) is 0 Å². The van der Waals surface area contributed by atoms with Gasteiger partial charge < -0.3 is 5.11 Å². The number of aliphatic hydroxyl groups is 1. The van der Waals surface area contributed by atoms with Gasteiger partial charge in [-0.1, -0.05) is 32.4 Å². The molecule has 1 heterocycles. The maximum Gasteiger partial charge on any atom is 0.439 e. The molecule has 0 bridgehead atoms. The van der Waals surface area contributed by atoms with E-state index in [2.05, 4.69) is 5.10 Å². The Morgan fingerprint density at radius 3 is 2.37 bits per heavy atom. The molecular weight excluding hydrogens is 381 g/mol. The average Bonchev–Trinajstić information content (AvgIpc) is 2.88. The van der Waals surface area contributed by atoms with Gasteiger partial charge in [-0.2, -0.15) is 23.3 Å². The third-order valence-electron chi connectivity index (χ3n) is 5.63. The van der Waals surface area contributed by atoms with Crippen LogP contribution in [0.15, 0.2) is 29.4 Å². The Balaban J connectivity index is 2.01. The summed E-state index contributed by atoms with van der Waals surface area (Å²) in [5.74, 6) is -2.27. The summed E-state index contributed by atoms with van der Waals surface area (Å²) >= 11 is 5.78. The van der Waals surface area contributed by atoms with Crippen LogP contribution in [-0.4, -0.2) is 33.6 Å². The monoisotopic (exact) mass is 402 g/mol. The lowest BCUT2D eigenvalue weighted by Gasteiger charge is -2.42. The molecule has 4 nitrogen and oxygen atoms in total. The lowest BCUT2D eigenvalue weighted by molar-refractivity contribution is -0.314. The Labute approximate surface area is 161 Å². The minimum Gasteiger partial charge on any atom is -0.362 e. The highest BCUT2D eigenvalue weighted by molar-refractivity contribution is 6.30. The molecule has 1 aliphatic carbocycles. The van der Waals surface area contributed by atoms with Crippen molar-refractivity contribution in [3.05, 3.63) is 34.9 Å². The smallest absolute Gasteiger partial charge is 0.362 e. The van der Waals surface area contributed by atoms with E-state index in [0.29, 0.717) is 17.9 Å². The van der Waals surface area contributed by atoms with E-state index >= 15 is 0 Å². The highest BCUT2D eigenvalue weighted by Crippen LogP contribution is 2.52. The van der Waals surface area contributed by atoms with Gasteiger partial charge in [-0.15, -0.1) is 0 Å². The minimum absolute atomic E-state index is 0.0130. The van der Waals surface area contributed by atoms with E-state index in [4.69, 9.17) is 11.6 Å². The second-order valence-electron chi connectivity index (χ2n) is 8.33. The van der Waals surface area contributed by atoms with Crippen molar-refractivity contribution in [2.45, 2.75) is 51.9 Å². The molecule has 0 spiro atoms. The van der Waals surface area contributed by atoms with E-state index in [0.717, 1.165) is 0 Å². The number of amides is 1. The fourth-order valence-corrected chi connectivity index (χ4v) is 4.05. The third-order valence-corrected chi connectivity index (χ3v) is 5.89. The molecule has 0 unspecified atom stereocenters. The number of hydrogen-bond donors (Lipinski definition) is 1. The van der Waals surface area contributed by atoms with E-state index < -0.39 is 23.7 Å². The zero-order valence-corrected chi connectivity index (χ0v) is 16.1. The van der Waals surface area contributed by atoms with Crippen molar-refractivity contribution in [2.24, 2.45) is 22.4 Å². The Hall–Kier alpha value is -1.60. The predicted octanol–water partition coefficient (Wildman–Crippen LogP) is 4.87. The minimum atomic E-state index is -5.04. The van der Waals surface area contributed by atoms with E-state index in [9.17, 15) is 23.1 Å². The summed E-state index contributed by atoms with van der Waals surface area (Å²) < 4.78 is 42.0. The van der Waals surface area contributed by atoms with Gasteiger partial charge in [-0.3, -0.25) is 4.79 Å². The molecule has 1 amide bonds. The number of fused-ring (bicyclic) bond motifs is 1. The van der Waals surface area contributed by atoms with Crippen LogP contribution in [-0.2, 0) is 0 Å². The number of carbonyl (C=O) groups excluding carboxylic acids is 1. The van der Waals surface area contributed by atoms with E-state index in [1.807, 2.05) is 20.8 Å². The third kappa shape index (κ3) is 3.36. The maximum atomic E-state index is 14.0. The molecule has 1 aromatic carbocycles. The molecular formula is C19H22ClF3N2O2. The van der Waals surface area contributed by atoms with E-state index in [1.165, 1.54) is 24.3 Å². The number of alkyl halides is 3. The standard InChI is InChI=1S/C19H22ClF3N2O2/c1-17(2,3)12-6-9-15-14(10-12)18(27,19(21,22)23)25(24-15)16(26)11-4-7-13(20)8-5-11/h4-5,7-8,12,14,27H,6,9-10H2,1-3H3/t12-,14+,18-/m1/s1. The zero-order valence-electron chi connectivity index (χ0n) is 15.3. The Morgan fingerprint density at radius 1 is 1.26 bits per heavy atom. The molecule has 0 saturated heterocycles. The molecule has 148 valence electrons. The number of rotatable bonds is 1. The summed E-state index contributed by atoms with van der Waals surface area (Å²) in [4.78, 5) is 12.8. The van der Waals surface area contributed by atoms with Gasteiger partial charge in [0.2, 0.25) is 0 Å². The van der Waals surface area contributed by atoms with Gasteiger partial charge in [-0.05, 0) is 54.9 Å². The fraction of sp³-hybridized carbons (Fsp3) is 0.579. The van der Waals surface area contributed by atoms with Crippen LogP contribution in [0.4, 0.5) is 13.2 Å². The van der Waals surface area contributed by atoms with Crippen molar-refractivity contribution in [3.8, 4) is 0 Å². The lowest BCUT2D eigenvalue weighted by Crippen LogP contribution is -2.62. The van der Waals surface area contributed by atoms with Crippen molar-refractivity contribution in [3.63, 3.8) is 0 Å². The van der Waals surface area contributed by atoms with Crippen LogP contribution >= 0.6 is 11.6 Å². The number of carbonyl (C=O) groups is 1. The first-order valence-corrected chi connectivity index (χ1v) is 9.20. The van der Waals surface area contributed by atoms with Crippen molar-refractivity contribution >= 4 is 23.2 Å². The summed E-state index contributed by atoms with van der Waals surface area (Å²) in [5, 5.41) is 15.3. The molecule has 0 aromatic heterocycles. The first-order valence-electron chi connectivity index (χ1n) is 8.82. The summed E-state index contributed by atoms with van der Waals surface area (Å²) in [5.41, 5.74) is -3.33. The van der Waals surface area contributed by atoms with Crippen LogP contribution in [0.2, 0.25) is 5.02 Å². The molecule has 1 saturated carbocycles. The van der Waals surface area contributed by atoms with Gasteiger partial charge in [0.15, 0.2) is 0 Å². The van der Waals surface area contributed by atoms with Crippen LogP contribution in [0, 0.1) is 17.3 Å². The molecule has 1 fully saturated rings. The molecule has 1 N–H and O–H groups in total. The quantitative estimate of drug-likeness (QED) is 0.729. The highest BCUT2D eigenvalue weighted by Gasteiger charge is 2.69. The van der Waals surface area contributed by atoms with E-state index in [1.54, 1.807) is 0 Å². The first kappa shape index (κ1) is 20.1. The van der Waals surface area contributed by atoms with Crippen LogP contribution in [0.3, 0.4) is 0 Å². The number of halogens is 4. The zero-order chi connectivity index (χ0) is 20.2. The molecule has 1 aromatic rings. The Kier molecular flexibility index (Phi) is 4.84. The van der Waals surface area contributed by atoms with Gasteiger partial charge in [0.25, 0.3) is 11.6 Å². The molecule has 3 rings (SSSR count). The number of hydrogen-bond acceptors (Lipinski definition) is 3. The second-order valence-corrected chi connectivity index (χ2v) is 8.77. The summed E-state index contributed by atoms with van der Waals surface area (Å²) in [6.45, 7) is 5.91.